The molecular weight excluding hydrogens is 430 g/mol. The molecule has 2 aromatic rings. The van der Waals surface area contributed by atoms with Gasteiger partial charge >= 0.3 is 5.76 Å². The van der Waals surface area contributed by atoms with Crippen LogP contribution in [0.3, 0.4) is 0 Å². The Labute approximate surface area is 180 Å². The van der Waals surface area contributed by atoms with Crippen molar-refractivity contribution in [2.24, 2.45) is 0 Å². The van der Waals surface area contributed by atoms with E-state index in [4.69, 9.17) is 9.47 Å². The molecule has 0 spiro atoms. The molecule has 0 aliphatic carbocycles. The van der Waals surface area contributed by atoms with Crippen LogP contribution in [0.2, 0.25) is 0 Å². The molecule has 1 aliphatic rings. The monoisotopic (exact) mass is 454 g/mol. The zero-order chi connectivity index (χ0) is 22.4. The Balaban J connectivity index is 1.46. The Hall–Kier alpha value is -2.72. The standard InChI is InChI=1S/C21H24F2N2O5S/c1-29-17-4-6-18(7-5-17)30-15-14-24-10-12-25(13-11-24)20(26)16-2-8-19(9-3-16)31(27,28)21(22)23/h2-9,21H,10-15H2,1H3. The van der Waals surface area contributed by atoms with E-state index in [-0.39, 0.29) is 11.5 Å². The van der Waals surface area contributed by atoms with Gasteiger partial charge in [-0.25, -0.2) is 8.42 Å². The highest BCUT2D eigenvalue weighted by molar-refractivity contribution is 7.91. The highest BCUT2D eigenvalue weighted by atomic mass is 32.2. The molecule has 1 aliphatic heterocycles. The minimum Gasteiger partial charge on any atom is -0.497 e. The topological polar surface area (TPSA) is 76.2 Å². The van der Waals surface area contributed by atoms with Crippen molar-refractivity contribution in [3.05, 3.63) is 54.1 Å². The van der Waals surface area contributed by atoms with Gasteiger partial charge in [0.1, 0.15) is 18.1 Å². The summed E-state index contributed by atoms with van der Waals surface area (Å²) in [5, 5.41) is 0. The van der Waals surface area contributed by atoms with E-state index < -0.39 is 20.5 Å². The van der Waals surface area contributed by atoms with Crippen molar-refractivity contribution >= 4 is 15.7 Å². The number of carbonyl (C=O) groups excluding carboxylic acids is 1. The van der Waals surface area contributed by atoms with Gasteiger partial charge in [0.05, 0.1) is 12.0 Å². The fraction of sp³-hybridized carbons (Fsp3) is 0.381. The molecule has 0 N–H and O–H groups in total. The molecule has 0 unspecified atom stereocenters. The average Bonchev–Trinajstić information content (AvgIpc) is 2.79. The van der Waals surface area contributed by atoms with E-state index in [0.717, 1.165) is 23.6 Å². The summed E-state index contributed by atoms with van der Waals surface area (Å²) >= 11 is 0. The molecule has 1 amide bonds. The largest absolute Gasteiger partial charge is 0.497 e. The van der Waals surface area contributed by atoms with Crippen molar-refractivity contribution in [3.8, 4) is 11.5 Å². The van der Waals surface area contributed by atoms with Gasteiger partial charge in [0.2, 0.25) is 9.84 Å². The van der Waals surface area contributed by atoms with Gasteiger partial charge in [-0.15, -0.1) is 0 Å². The molecule has 0 aromatic heterocycles. The Morgan fingerprint density at radius 3 is 2.10 bits per heavy atom. The number of piperazine rings is 1. The van der Waals surface area contributed by atoms with Crippen molar-refractivity contribution < 1.29 is 31.5 Å². The number of nitrogens with zero attached hydrogens (tertiary/aromatic N) is 2. The number of amides is 1. The molecule has 7 nitrogen and oxygen atoms in total. The molecule has 2 aromatic carbocycles. The summed E-state index contributed by atoms with van der Waals surface area (Å²) in [5.41, 5.74) is 0.268. The van der Waals surface area contributed by atoms with Crippen LogP contribution in [0, 0.1) is 0 Å². The van der Waals surface area contributed by atoms with Crippen molar-refractivity contribution in [1.29, 1.82) is 0 Å². The van der Waals surface area contributed by atoms with E-state index in [1.54, 1.807) is 12.0 Å². The van der Waals surface area contributed by atoms with Crippen LogP contribution in [-0.4, -0.2) is 76.3 Å². The first-order valence-corrected chi connectivity index (χ1v) is 11.3. The average molecular weight is 454 g/mol. The number of benzene rings is 2. The molecule has 31 heavy (non-hydrogen) atoms. The number of carbonyl (C=O) groups is 1. The van der Waals surface area contributed by atoms with Crippen LogP contribution in [0.25, 0.3) is 0 Å². The first kappa shape index (κ1) is 23.0. The highest BCUT2D eigenvalue weighted by Gasteiger charge is 2.27. The summed E-state index contributed by atoms with van der Waals surface area (Å²) in [7, 11) is -3.06. The lowest BCUT2D eigenvalue weighted by atomic mass is 10.2. The zero-order valence-electron chi connectivity index (χ0n) is 17.0. The normalized spacial score (nSPS) is 15.2. The fourth-order valence-electron chi connectivity index (χ4n) is 3.21. The van der Waals surface area contributed by atoms with Crippen molar-refractivity contribution in [3.63, 3.8) is 0 Å². The quantitative estimate of drug-likeness (QED) is 0.610. The molecule has 0 atom stereocenters. The van der Waals surface area contributed by atoms with Crippen molar-refractivity contribution in [2.75, 3.05) is 46.4 Å². The predicted octanol–water partition coefficient (Wildman–Crippen LogP) is 2.53. The van der Waals surface area contributed by atoms with Gasteiger partial charge < -0.3 is 14.4 Å². The van der Waals surface area contributed by atoms with Crippen LogP contribution < -0.4 is 9.47 Å². The Morgan fingerprint density at radius 1 is 0.968 bits per heavy atom. The maximum absolute atomic E-state index is 12.6. The van der Waals surface area contributed by atoms with Gasteiger partial charge in [0, 0.05) is 38.3 Å². The summed E-state index contributed by atoms with van der Waals surface area (Å²) in [5.74, 6) is -2.23. The second-order valence-corrected chi connectivity index (χ2v) is 8.91. The van der Waals surface area contributed by atoms with Gasteiger partial charge in [-0.3, -0.25) is 9.69 Å². The van der Waals surface area contributed by atoms with Gasteiger partial charge in [0.15, 0.2) is 0 Å². The van der Waals surface area contributed by atoms with Gasteiger partial charge in [0.25, 0.3) is 5.91 Å². The lowest BCUT2D eigenvalue weighted by Crippen LogP contribution is -2.49. The molecule has 1 saturated heterocycles. The third kappa shape index (κ3) is 5.71. The second-order valence-electron chi connectivity index (χ2n) is 6.99. The van der Waals surface area contributed by atoms with Crippen LogP contribution >= 0.6 is 0 Å². The maximum atomic E-state index is 12.6. The third-order valence-corrected chi connectivity index (χ3v) is 6.46. The number of hydrogen-bond donors (Lipinski definition) is 0. The number of halogens is 2. The summed E-state index contributed by atoms with van der Waals surface area (Å²) in [6, 6.07) is 12.0. The van der Waals surface area contributed by atoms with Crippen molar-refractivity contribution in [2.45, 2.75) is 10.7 Å². The van der Waals surface area contributed by atoms with Crippen LogP contribution in [0.4, 0.5) is 8.78 Å². The SMILES string of the molecule is COc1ccc(OCCN2CCN(C(=O)c3ccc(S(=O)(=O)C(F)F)cc3)CC2)cc1. The lowest BCUT2D eigenvalue weighted by molar-refractivity contribution is 0.0620. The molecule has 10 heteroatoms. The number of sulfone groups is 1. The molecule has 1 heterocycles. The van der Waals surface area contributed by atoms with Crippen LogP contribution in [0.1, 0.15) is 10.4 Å². The van der Waals surface area contributed by atoms with Crippen LogP contribution in [0.5, 0.6) is 11.5 Å². The minimum atomic E-state index is -4.67. The number of alkyl halides is 2. The van der Waals surface area contributed by atoms with E-state index in [1.165, 1.54) is 12.1 Å². The molecule has 3 rings (SSSR count). The molecule has 1 fully saturated rings. The number of methoxy groups -OCH3 is 1. The zero-order valence-corrected chi connectivity index (χ0v) is 17.9. The van der Waals surface area contributed by atoms with E-state index in [9.17, 15) is 22.0 Å². The first-order valence-electron chi connectivity index (χ1n) is 9.72. The Morgan fingerprint density at radius 2 is 1.55 bits per heavy atom. The summed E-state index contributed by atoms with van der Waals surface area (Å²) < 4.78 is 59.1. The van der Waals surface area contributed by atoms with E-state index in [1.807, 2.05) is 24.3 Å². The van der Waals surface area contributed by atoms with E-state index >= 15 is 0 Å². The molecule has 0 bridgehead atoms. The minimum absolute atomic E-state index is 0.255. The van der Waals surface area contributed by atoms with Crippen LogP contribution in [0.15, 0.2) is 53.4 Å². The fourth-order valence-corrected chi connectivity index (χ4v) is 3.93. The van der Waals surface area contributed by atoms with Gasteiger partial charge in [-0.2, -0.15) is 8.78 Å². The highest BCUT2D eigenvalue weighted by Crippen LogP contribution is 2.20. The Kier molecular flexibility index (Phi) is 7.45. The van der Waals surface area contributed by atoms with Gasteiger partial charge in [-0.05, 0) is 48.5 Å². The Bertz CT molecular complexity index is 974. The summed E-state index contributed by atoms with van der Waals surface area (Å²) in [6.07, 6.45) is 0. The molecule has 168 valence electrons. The molecule has 0 radical (unpaired) electrons. The summed E-state index contributed by atoms with van der Waals surface area (Å²) in [6.45, 7) is 3.61. The smallest absolute Gasteiger partial charge is 0.341 e. The van der Waals surface area contributed by atoms with Gasteiger partial charge in [-0.1, -0.05) is 0 Å². The lowest BCUT2D eigenvalue weighted by Gasteiger charge is -2.34. The summed E-state index contributed by atoms with van der Waals surface area (Å²) in [4.78, 5) is 16.0. The number of hydrogen-bond acceptors (Lipinski definition) is 6. The maximum Gasteiger partial charge on any atom is 0.341 e. The van der Waals surface area contributed by atoms with Crippen LogP contribution in [-0.2, 0) is 9.84 Å². The number of rotatable bonds is 8. The third-order valence-electron chi connectivity index (χ3n) is 5.06. The van der Waals surface area contributed by atoms with Crippen molar-refractivity contribution in [1.82, 2.24) is 9.80 Å². The first-order chi connectivity index (χ1) is 14.8. The van der Waals surface area contributed by atoms with E-state index in [2.05, 4.69) is 4.90 Å². The molecular formula is C21H24F2N2O5S. The predicted molar refractivity (Wildman–Crippen MR) is 110 cm³/mol. The number of ether oxygens (including phenoxy) is 2. The van der Waals surface area contributed by atoms with E-state index in [0.29, 0.717) is 39.3 Å². The second kappa shape index (κ2) is 10.1. The molecule has 0 saturated carbocycles.